The van der Waals surface area contributed by atoms with Crippen molar-refractivity contribution in [3.63, 3.8) is 0 Å². The van der Waals surface area contributed by atoms with Crippen LogP contribution >= 0.6 is 0 Å². The monoisotopic (exact) mass is 442 g/mol. The van der Waals surface area contributed by atoms with Gasteiger partial charge >= 0.3 is 0 Å². The van der Waals surface area contributed by atoms with Gasteiger partial charge in [-0.15, -0.1) is 0 Å². The third-order valence-corrected chi connectivity index (χ3v) is 7.11. The number of furan rings is 1. The van der Waals surface area contributed by atoms with E-state index in [2.05, 4.69) is 5.32 Å². The molecule has 1 N–H and O–H groups in total. The van der Waals surface area contributed by atoms with Gasteiger partial charge in [0.15, 0.2) is 0 Å². The summed E-state index contributed by atoms with van der Waals surface area (Å²) in [5.41, 5.74) is 0.797. The number of rotatable bonds is 7. The lowest BCUT2D eigenvalue weighted by atomic mass is 10.1. The number of hydrogen-bond donors (Lipinski definition) is 1. The Morgan fingerprint density at radius 1 is 1.03 bits per heavy atom. The molecular formula is C23H23FN2O4S. The van der Waals surface area contributed by atoms with Crippen LogP contribution in [0.25, 0.3) is 11.3 Å². The van der Waals surface area contributed by atoms with Crippen LogP contribution in [0.4, 0.5) is 10.1 Å². The van der Waals surface area contributed by atoms with Crippen LogP contribution in [-0.4, -0.2) is 31.7 Å². The quantitative estimate of drug-likeness (QED) is 0.587. The van der Waals surface area contributed by atoms with E-state index in [9.17, 15) is 17.6 Å². The fourth-order valence-corrected chi connectivity index (χ4v) is 5.15. The van der Waals surface area contributed by atoms with E-state index in [-0.39, 0.29) is 23.0 Å². The molecule has 1 aromatic heterocycles. The van der Waals surface area contributed by atoms with E-state index in [1.54, 1.807) is 42.5 Å². The SMILES string of the molecule is O=C(CCc1ccc(-c2ccccc2F)o1)Nc1cccc(S(=O)(=O)N2CCCC2)c1. The molecule has 2 aromatic carbocycles. The number of hydrogen-bond acceptors (Lipinski definition) is 4. The van der Waals surface area contributed by atoms with Crippen LogP contribution in [0.3, 0.4) is 0 Å². The van der Waals surface area contributed by atoms with Crippen LogP contribution in [0.5, 0.6) is 0 Å². The zero-order valence-corrected chi connectivity index (χ0v) is 17.7. The summed E-state index contributed by atoms with van der Waals surface area (Å²) >= 11 is 0. The number of carbonyl (C=O) groups is 1. The summed E-state index contributed by atoms with van der Waals surface area (Å²) in [4.78, 5) is 12.5. The number of sulfonamides is 1. The maximum absolute atomic E-state index is 13.9. The summed E-state index contributed by atoms with van der Waals surface area (Å²) in [5.74, 6) is 0.344. The van der Waals surface area contributed by atoms with Gasteiger partial charge in [0.2, 0.25) is 15.9 Å². The first-order chi connectivity index (χ1) is 14.9. The predicted octanol–water partition coefficient (Wildman–Crippen LogP) is 4.44. The Bertz CT molecular complexity index is 1180. The topological polar surface area (TPSA) is 79.6 Å². The molecule has 1 aliphatic heterocycles. The first-order valence-electron chi connectivity index (χ1n) is 10.2. The summed E-state index contributed by atoms with van der Waals surface area (Å²) in [6.07, 6.45) is 2.21. The second-order valence-electron chi connectivity index (χ2n) is 7.43. The number of amides is 1. The van der Waals surface area contributed by atoms with Gasteiger partial charge in [-0.1, -0.05) is 18.2 Å². The molecule has 162 valence electrons. The molecule has 1 aliphatic rings. The van der Waals surface area contributed by atoms with Crippen LogP contribution < -0.4 is 5.32 Å². The number of benzene rings is 2. The number of anilines is 1. The van der Waals surface area contributed by atoms with Crippen LogP contribution in [0.1, 0.15) is 25.0 Å². The molecule has 1 fully saturated rings. The Hall–Kier alpha value is -2.97. The minimum Gasteiger partial charge on any atom is -0.461 e. The molecule has 0 atom stereocenters. The van der Waals surface area contributed by atoms with Crippen molar-refractivity contribution in [3.05, 3.63) is 72.2 Å². The standard InChI is InChI=1S/C23H23FN2O4S/c24-21-9-2-1-8-20(21)22-12-10-18(30-22)11-13-23(27)25-17-6-5-7-19(16-17)31(28,29)26-14-3-4-15-26/h1-2,5-10,12,16H,3-4,11,13-15H2,(H,25,27). The van der Waals surface area contributed by atoms with Gasteiger partial charge < -0.3 is 9.73 Å². The van der Waals surface area contributed by atoms with Gasteiger partial charge in [-0.2, -0.15) is 4.31 Å². The van der Waals surface area contributed by atoms with E-state index in [0.717, 1.165) is 12.8 Å². The predicted molar refractivity (Wildman–Crippen MR) is 115 cm³/mol. The highest BCUT2D eigenvalue weighted by molar-refractivity contribution is 7.89. The van der Waals surface area contributed by atoms with E-state index in [1.807, 2.05) is 0 Å². The van der Waals surface area contributed by atoms with Crippen LogP contribution in [0.15, 0.2) is 70.0 Å². The largest absolute Gasteiger partial charge is 0.461 e. The van der Waals surface area contributed by atoms with Crippen molar-refractivity contribution in [2.75, 3.05) is 18.4 Å². The molecule has 31 heavy (non-hydrogen) atoms. The zero-order valence-electron chi connectivity index (χ0n) is 16.9. The van der Waals surface area contributed by atoms with Gasteiger partial charge in [0.05, 0.1) is 10.5 Å². The highest BCUT2D eigenvalue weighted by Crippen LogP contribution is 2.26. The fraction of sp³-hybridized carbons (Fsp3) is 0.261. The number of halogens is 1. The minimum absolute atomic E-state index is 0.146. The summed E-state index contributed by atoms with van der Waals surface area (Å²) < 4.78 is 46.4. The number of aryl methyl sites for hydroxylation is 1. The number of nitrogens with one attached hydrogen (secondary N) is 1. The molecule has 3 aromatic rings. The van der Waals surface area contributed by atoms with E-state index in [1.165, 1.54) is 22.5 Å². The molecule has 0 spiro atoms. The Balaban J connectivity index is 1.37. The highest BCUT2D eigenvalue weighted by Gasteiger charge is 2.27. The molecule has 0 saturated carbocycles. The lowest BCUT2D eigenvalue weighted by molar-refractivity contribution is -0.116. The maximum atomic E-state index is 13.9. The first-order valence-corrected chi connectivity index (χ1v) is 11.6. The van der Waals surface area contributed by atoms with Gasteiger partial charge in [-0.25, -0.2) is 12.8 Å². The summed E-state index contributed by atoms with van der Waals surface area (Å²) in [5, 5.41) is 2.74. The molecule has 8 heteroatoms. The van der Waals surface area contributed by atoms with Gasteiger partial charge in [-0.05, 0) is 55.3 Å². The lowest BCUT2D eigenvalue weighted by Gasteiger charge is -2.16. The van der Waals surface area contributed by atoms with Crippen molar-refractivity contribution < 1.29 is 22.0 Å². The maximum Gasteiger partial charge on any atom is 0.243 e. The average molecular weight is 443 g/mol. The smallest absolute Gasteiger partial charge is 0.243 e. The Morgan fingerprint density at radius 3 is 2.58 bits per heavy atom. The second kappa shape index (κ2) is 9.03. The molecule has 0 radical (unpaired) electrons. The summed E-state index contributed by atoms with van der Waals surface area (Å²) in [7, 11) is -3.54. The molecule has 1 amide bonds. The summed E-state index contributed by atoms with van der Waals surface area (Å²) in [6.45, 7) is 1.05. The van der Waals surface area contributed by atoms with Crippen LogP contribution in [0, 0.1) is 5.82 Å². The van der Waals surface area contributed by atoms with Crippen molar-refractivity contribution in [2.24, 2.45) is 0 Å². The van der Waals surface area contributed by atoms with Gasteiger partial charge in [-0.3, -0.25) is 4.79 Å². The average Bonchev–Trinajstić information content (AvgIpc) is 3.46. The fourth-order valence-electron chi connectivity index (χ4n) is 3.59. The molecule has 0 aliphatic carbocycles. The molecule has 6 nitrogen and oxygen atoms in total. The number of carbonyl (C=O) groups excluding carboxylic acids is 1. The Labute approximate surface area is 180 Å². The van der Waals surface area contributed by atoms with Crippen molar-refractivity contribution in [3.8, 4) is 11.3 Å². The van der Waals surface area contributed by atoms with E-state index in [4.69, 9.17) is 4.42 Å². The van der Waals surface area contributed by atoms with Gasteiger partial charge in [0.1, 0.15) is 17.3 Å². The van der Waals surface area contributed by atoms with E-state index < -0.39 is 10.0 Å². The normalized spacial score (nSPS) is 14.6. The Morgan fingerprint density at radius 2 is 1.81 bits per heavy atom. The third kappa shape index (κ3) is 4.86. The molecule has 0 bridgehead atoms. The summed E-state index contributed by atoms with van der Waals surface area (Å²) in [6, 6.07) is 16.0. The number of nitrogens with zero attached hydrogens (tertiary/aromatic N) is 1. The molecule has 0 unspecified atom stereocenters. The van der Waals surface area contributed by atoms with Gasteiger partial charge in [0, 0.05) is 31.6 Å². The molecule has 2 heterocycles. The van der Waals surface area contributed by atoms with Crippen LogP contribution in [0.2, 0.25) is 0 Å². The third-order valence-electron chi connectivity index (χ3n) is 5.22. The van der Waals surface area contributed by atoms with E-state index in [0.29, 0.717) is 42.3 Å². The van der Waals surface area contributed by atoms with Crippen LogP contribution in [-0.2, 0) is 21.2 Å². The second-order valence-corrected chi connectivity index (χ2v) is 9.37. The zero-order chi connectivity index (χ0) is 21.8. The van der Waals surface area contributed by atoms with Crippen molar-refractivity contribution >= 4 is 21.6 Å². The molecule has 4 rings (SSSR count). The highest BCUT2D eigenvalue weighted by atomic mass is 32.2. The van der Waals surface area contributed by atoms with Crippen molar-refractivity contribution in [1.82, 2.24) is 4.31 Å². The molecule has 1 saturated heterocycles. The first kappa shape index (κ1) is 21.3. The van der Waals surface area contributed by atoms with Crippen molar-refractivity contribution in [1.29, 1.82) is 0 Å². The van der Waals surface area contributed by atoms with Crippen molar-refractivity contribution in [2.45, 2.75) is 30.6 Å². The van der Waals surface area contributed by atoms with E-state index >= 15 is 0 Å². The minimum atomic E-state index is -3.54. The van der Waals surface area contributed by atoms with Gasteiger partial charge in [0.25, 0.3) is 0 Å². The Kier molecular flexibility index (Phi) is 6.20. The lowest BCUT2D eigenvalue weighted by Crippen LogP contribution is -2.27. The molecular weight excluding hydrogens is 419 g/mol.